The highest BCUT2D eigenvalue weighted by Gasteiger charge is 2.31. The number of hydrogen-bond acceptors (Lipinski definition) is 2. The first kappa shape index (κ1) is 7.05. The zero-order chi connectivity index (χ0) is 7.72. The third-order valence-electron chi connectivity index (χ3n) is 1.47. The fourth-order valence-electron chi connectivity index (χ4n) is 0.902. The van der Waals surface area contributed by atoms with Crippen LogP contribution in [-0.2, 0) is 4.79 Å². The summed E-state index contributed by atoms with van der Waals surface area (Å²) in [5.74, 6) is -0.0635. The molecule has 0 aliphatic carbocycles. The van der Waals surface area contributed by atoms with Gasteiger partial charge in [-0.15, -0.1) is 0 Å². The van der Waals surface area contributed by atoms with Crippen molar-refractivity contribution in [1.29, 1.82) is 0 Å². The summed E-state index contributed by atoms with van der Waals surface area (Å²) in [5, 5.41) is 4.66. The minimum atomic E-state index is -0.385. The molecule has 0 radical (unpaired) electrons. The monoisotopic (exact) mass is 142 g/mol. The van der Waals surface area contributed by atoms with E-state index in [1.165, 1.54) is 0 Å². The molecule has 1 atom stereocenters. The van der Waals surface area contributed by atoms with Crippen LogP contribution in [0.1, 0.15) is 13.8 Å². The van der Waals surface area contributed by atoms with Crippen molar-refractivity contribution in [2.45, 2.75) is 19.9 Å². The van der Waals surface area contributed by atoms with Crippen molar-refractivity contribution in [1.82, 2.24) is 10.6 Å². The van der Waals surface area contributed by atoms with Gasteiger partial charge in [-0.25, -0.2) is 4.79 Å². The second-order valence-corrected chi connectivity index (χ2v) is 2.68. The third kappa shape index (κ3) is 1.10. The molecule has 3 amide bonds. The topological polar surface area (TPSA) is 58.2 Å². The number of carbonyl (C=O) groups excluding carboxylic acids is 2. The van der Waals surface area contributed by atoms with Gasteiger partial charge in [-0.2, -0.15) is 0 Å². The predicted octanol–water partition coefficient (Wildman–Crippen LogP) is -0.150. The molecular formula is C6H10N2O2. The summed E-state index contributed by atoms with van der Waals surface area (Å²) in [6.45, 7) is 3.77. The van der Waals surface area contributed by atoms with Gasteiger partial charge in [-0.05, 0) is 5.92 Å². The van der Waals surface area contributed by atoms with Crippen molar-refractivity contribution in [2.75, 3.05) is 0 Å². The highest BCUT2D eigenvalue weighted by atomic mass is 16.2. The van der Waals surface area contributed by atoms with E-state index in [1.807, 2.05) is 13.8 Å². The van der Waals surface area contributed by atoms with Gasteiger partial charge in [0.05, 0.1) is 0 Å². The van der Waals surface area contributed by atoms with Gasteiger partial charge in [0.25, 0.3) is 5.91 Å². The fourth-order valence-corrected chi connectivity index (χ4v) is 0.902. The van der Waals surface area contributed by atoms with Crippen LogP contribution in [0.5, 0.6) is 0 Å². The Kier molecular flexibility index (Phi) is 1.61. The highest BCUT2D eigenvalue weighted by Crippen LogP contribution is 2.04. The molecule has 1 saturated heterocycles. The highest BCUT2D eigenvalue weighted by molar-refractivity contribution is 6.04. The molecule has 0 aromatic rings. The number of nitrogens with one attached hydrogen (secondary N) is 2. The SMILES string of the molecule is CC(C)C1NC(=O)NC1=O. The Bertz CT molecular complexity index is 177. The summed E-state index contributed by atoms with van der Waals surface area (Å²) < 4.78 is 0. The first-order valence-electron chi connectivity index (χ1n) is 3.22. The fraction of sp³-hybridized carbons (Fsp3) is 0.667. The van der Waals surface area contributed by atoms with Crippen LogP contribution in [0, 0.1) is 5.92 Å². The molecule has 1 rings (SSSR count). The molecule has 1 aliphatic heterocycles. The van der Waals surface area contributed by atoms with Gasteiger partial charge < -0.3 is 5.32 Å². The van der Waals surface area contributed by atoms with E-state index >= 15 is 0 Å². The Balaban J connectivity index is 2.63. The molecular weight excluding hydrogens is 132 g/mol. The minimum absolute atomic E-state index is 0.159. The van der Waals surface area contributed by atoms with Crippen LogP contribution < -0.4 is 10.6 Å². The van der Waals surface area contributed by atoms with E-state index < -0.39 is 0 Å². The quantitative estimate of drug-likeness (QED) is 0.500. The lowest BCUT2D eigenvalue weighted by atomic mass is 10.1. The number of urea groups is 1. The zero-order valence-corrected chi connectivity index (χ0v) is 5.97. The molecule has 0 saturated carbocycles. The van der Waals surface area contributed by atoms with E-state index in [9.17, 15) is 9.59 Å². The number of rotatable bonds is 1. The first-order chi connectivity index (χ1) is 4.61. The molecule has 0 bridgehead atoms. The Morgan fingerprint density at radius 3 is 2.20 bits per heavy atom. The molecule has 2 N–H and O–H groups in total. The molecule has 0 aromatic carbocycles. The smallest absolute Gasteiger partial charge is 0.322 e. The molecule has 56 valence electrons. The lowest BCUT2D eigenvalue weighted by Crippen LogP contribution is -2.33. The lowest BCUT2D eigenvalue weighted by molar-refractivity contribution is -0.120. The standard InChI is InChI=1S/C6H10N2O2/c1-3(2)4-5(9)8-6(10)7-4/h3-4H,1-2H3,(H2,7,8,9,10). The van der Waals surface area contributed by atoms with Gasteiger partial charge in [0.2, 0.25) is 0 Å². The third-order valence-corrected chi connectivity index (χ3v) is 1.47. The van der Waals surface area contributed by atoms with Crippen LogP contribution in [0.3, 0.4) is 0 Å². The Morgan fingerprint density at radius 1 is 1.40 bits per heavy atom. The van der Waals surface area contributed by atoms with Crippen molar-refractivity contribution in [3.8, 4) is 0 Å². The van der Waals surface area contributed by atoms with Gasteiger partial charge in [0.15, 0.2) is 0 Å². The summed E-state index contributed by atoms with van der Waals surface area (Å²) in [7, 11) is 0. The summed E-state index contributed by atoms with van der Waals surface area (Å²) in [6, 6.07) is -0.726. The van der Waals surface area contributed by atoms with Gasteiger partial charge >= 0.3 is 6.03 Å². The van der Waals surface area contributed by atoms with Crippen molar-refractivity contribution in [3.05, 3.63) is 0 Å². The first-order valence-corrected chi connectivity index (χ1v) is 3.22. The van der Waals surface area contributed by atoms with Gasteiger partial charge in [0, 0.05) is 0 Å². The van der Waals surface area contributed by atoms with E-state index in [0.717, 1.165) is 0 Å². The molecule has 1 unspecified atom stereocenters. The van der Waals surface area contributed by atoms with Crippen molar-refractivity contribution in [2.24, 2.45) is 5.92 Å². The number of hydrogen-bond donors (Lipinski definition) is 2. The zero-order valence-electron chi connectivity index (χ0n) is 5.97. The number of carbonyl (C=O) groups is 2. The number of imide groups is 1. The van der Waals surface area contributed by atoms with Crippen molar-refractivity contribution < 1.29 is 9.59 Å². The maximum Gasteiger partial charge on any atom is 0.322 e. The van der Waals surface area contributed by atoms with Gasteiger partial charge in [-0.1, -0.05) is 13.8 Å². The van der Waals surface area contributed by atoms with Crippen LogP contribution in [0.15, 0.2) is 0 Å². The molecule has 4 heteroatoms. The molecule has 1 aliphatic rings. The average molecular weight is 142 g/mol. The summed E-state index contributed by atoms with van der Waals surface area (Å²) >= 11 is 0. The van der Waals surface area contributed by atoms with Crippen LogP contribution in [-0.4, -0.2) is 18.0 Å². The van der Waals surface area contributed by atoms with E-state index in [2.05, 4.69) is 10.6 Å². The minimum Gasteiger partial charge on any atom is -0.326 e. The maximum absolute atomic E-state index is 10.8. The molecule has 4 nitrogen and oxygen atoms in total. The molecule has 10 heavy (non-hydrogen) atoms. The Morgan fingerprint density at radius 2 is 2.00 bits per heavy atom. The molecule has 0 spiro atoms. The second kappa shape index (κ2) is 2.28. The molecule has 1 heterocycles. The van der Waals surface area contributed by atoms with Crippen LogP contribution in [0.2, 0.25) is 0 Å². The van der Waals surface area contributed by atoms with E-state index in [-0.39, 0.29) is 23.9 Å². The van der Waals surface area contributed by atoms with Crippen LogP contribution in [0.25, 0.3) is 0 Å². The largest absolute Gasteiger partial charge is 0.326 e. The summed E-state index contributed by atoms with van der Waals surface area (Å²) in [6.07, 6.45) is 0. The van der Waals surface area contributed by atoms with E-state index in [4.69, 9.17) is 0 Å². The van der Waals surface area contributed by atoms with Crippen LogP contribution >= 0.6 is 0 Å². The maximum atomic E-state index is 10.8. The summed E-state index contributed by atoms with van der Waals surface area (Å²) in [5.41, 5.74) is 0. The van der Waals surface area contributed by atoms with Gasteiger partial charge in [0.1, 0.15) is 6.04 Å². The lowest BCUT2D eigenvalue weighted by Gasteiger charge is -2.09. The normalized spacial score (nSPS) is 24.9. The molecule has 0 aromatic heterocycles. The van der Waals surface area contributed by atoms with E-state index in [0.29, 0.717) is 0 Å². The van der Waals surface area contributed by atoms with Crippen molar-refractivity contribution >= 4 is 11.9 Å². The Hall–Kier alpha value is -1.06. The Labute approximate surface area is 59.0 Å². The number of amides is 3. The van der Waals surface area contributed by atoms with Crippen LogP contribution in [0.4, 0.5) is 4.79 Å². The predicted molar refractivity (Wildman–Crippen MR) is 35.3 cm³/mol. The van der Waals surface area contributed by atoms with Crippen molar-refractivity contribution in [3.63, 3.8) is 0 Å². The average Bonchev–Trinajstić information content (AvgIpc) is 2.10. The molecule has 1 fully saturated rings. The van der Waals surface area contributed by atoms with Gasteiger partial charge in [-0.3, -0.25) is 10.1 Å². The second-order valence-electron chi connectivity index (χ2n) is 2.68. The summed E-state index contributed by atoms with van der Waals surface area (Å²) in [4.78, 5) is 21.4. The van der Waals surface area contributed by atoms with E-state index in [1.54, 1.807) is 0 Å².